The van der Waals surface area contributed by atoms with Crippen LogP contribution in [0, 0.1) is 0 Å². The molecule has 0 saturated carbocycles. The van der Waals surface area contributed by atoms with Crippen LogP contribution in [-0.4, -0.2) is 81.0 Å². The zero-order valence-electron chi connectivity index (χ0n) is 23.9. The minimum atomic E-state index is -4.88. The van der Waals surface area contributed by atoms with Gasteiger partial charge in [0.15, 0.2) is 0 Å². The van der Waals surface area contributed by atoms with Crippen LogP contribution < -0.4 is 10.1 Å². The molecule has 44 heavy (non-hydrogen) atoms. The molecule has 10 nitrogen and oxygen atoms in total. The first kappa shape index (κ1) is 30.7. The van der Waals surface area contributed by atoms with Gasteiger partial charge in [-0.2, -0.15) is 0 Å². The minimum Gasteiger partial charge on any atom is -0.508 e. The number of carbonyl (C=O) groups excluding carboxylic acids is 3. The number of alkyl halides is 3. The van der Waals surface area contributed by atoms with Gasteiger partial charge in [0.1, 0.15) is 23.7 Å². The van der Waals surface area contributed by atoms with E-state index in [1.54, 1.807) is 23.2 Å². The van der Waals surface area contributed by atoms with Crippen molar-refractivity contribution < 1.29 is 37.4 Å². The van der Waals surface area contributed by atoms with Crippen molar-refractivity contribution in [2.75, 3.05) is 19.6 Å². The van der Waals surface area contributed by atoms with E-state index in [0.717, 1.165) is 5.56 Å². The molecule has 0 radical (unpaired) electrons. The second kappa shape index (κ2) is 12.8. The lowest BCUT2D eigenvalue weighted by Crippen LogP contribution is -2.76. The predicted molar refractivity (Wildman–Crippen MR) is 153 cm³/mol. The van der Waals surface area contributed by atoms with Crippen molar-refractivity contribution in [1.29, 1.82) is 0 Å². The van der Waals surface area contributed by atoms with Gasteiger partial charge in [0, 0.05) is 26.1 Å². The molecule has 2 atom stereocenters. The molecular formula is C31H32F3N5O5. The number of hydrogen-bond donors (Lipinski definition) is 2. The molecule has 2 fully saturated rings. The normalized spacial score (nSPS) is 19.1. The number of amides is 4. The number of benzene rings is 3. The van der Waals surface area contributed by atoms with E-state index in [4.69, 9.17) is 0 Å². The van der Waals surface area contributed by atoms with Gasteiger partial charge in [-0.3, -0.25) is 9.59 Å². The SMILES string of the molecule is CCN1CC(=O)N2[C@@H](Cc3ccc(O)cc3)C(=O)N(Cc3cccc(OC(F)(F)F)c3)C[C@@H]2N1C(=O)NCc1ccccc1. The Morgan fingerprint density at radius 2 is 1.68 bits per heavy atom. The fraction of sp³-hybridized carbons (Fsp3) is 0.323. The number of phenols is 1. The number of hydrogen-bond acceptors (Lipinski definition) is 6. The highest BCUT2D eigenvalue weighted by atomic mass is 19.4. The molecule has 2 N–H and O–H groups in total. The minimum absolute atomic E-state index is 0.0399. The standard InChI is InChI=1S/C31H32F3N5O5/c1-2-37-20-28(41)38-26(16-21-11-13-24(40)14-12-21)29(42)36(18-23-9-6-10-25(15-23)44-31(32,33)34)19-27(38)39(37)30(43)35-17-22-7-4-3-5-8-22/h3-15,26-27,40H,2,16-20H2,1H3,(H,35,43)/t26-,27-/m0/s1. The number of hydrazine groups is 1. The molecular weight excluding hydrogens is 579 g/mol. The Labute approximate surface area is 252 Å². The summed E-state index contributed by atoms with van der Waals surface area (Å²) < 4.78 is 42.7. The molecule has 2 aliphatic rings. The second-order valence-corrected chi connectivity index (χ2v) is 10.6. The number of nitrogens with one attached hydrogen (secondary N) is 1. The van der Waals surface area contributed by atoms with Crippen LogP contribution in [-0.2, 0) is 29.1 Å². The molecule has 2 aliphatic heterocycles. The lowest BCUT2D eigenvalue weighted by Gasteiger charge is -2.55. The molecule has 232 valence electrons. The lowest BCUT2D eigenvalue weighted by atomic mass is 9.98. The van der Waals surface area contributed by atoms with Crippen LogP contribution in [0.3, 0.4) is 0 Å². The summed E-state index contributed by atoms with van der Waals surface area (Å²) in [4.78, 5) is 44.2. The van der Waals surface area contributed by atoms with E-state index in [9.17, 15) is 32.7 Å². The number of rotatable bonds is 8. The van der Waals surface area contributed by atoms with Crippen LogP contribution in [0.25, 0.3) is 0 Å². The van der Waals surface area contributed by atoms with E-state index in [1.165, 1.54) is 45.1 Å². The van der Waals surface area contributed by atoms with Gasteiger partial charge in [-0.05, 0) is 41.0 Å². The molecule has 5 rings (SSSR count). The fourth-order valence-corrected chi connectivity index (χ4v) is 5.58. The smallest absolute Gasteiger partial charge is 0.508 e. The zero-order valence-corrected chi connectivity index (χ0v) is 23.9. The first-order chi connectivity index (χ1) is 21.0. The summed E-state index contributed by atoms with van der Waals surface area (Å²) in [5, 5.41) is 15.7. The van der Waals surface area contributed by atoms with Crippen molar-refractivity contribution in [2.24, 2.45) is 0 Å². The number of aromatic hydroxyl groups is 1. The van der Waals surface area contributed by atoms with Gasteiger partial charge in [-0.1, -0.05) is 61.5 Å². The summed E-state index contributed by atoms with van der Waals surface area (Å²) in [6, 6.07) is 19.4. The number of likely N-dealkylation sites (N-methyl/N-ethyl adjacent to an activating group) is 1. The van der Waals surface area contributed by atoms with E-state index in [2.05, 4.69) is 10.1 Å². The molecule has 0 unspecified atom stereocenters. The molecule has 2 heterocycles. The average Bonchev–Trinajstić information content (AvgIpc) is 2.98. The van der Waals surface area contributed by atoms with Crippen molar-refractivity contribution in [1.82, 2.24) is 25.1 Å². The highest BCUT2D eigenvalue weighted by Crippen LogP contribution is 2.30. The first-order valence-corrected chi connectivity index (χ1v) is 14.1. The third-order valence-electron chi connectivity index (χ3n) is 7.56. The quantitative estimate of drug-likeness (QED) is 0.401. The van der Waals surface area contributed by atoms with Gasteiger partial charge >= 0.3 is 12.4 Å². The monoisotopic (exact) mass is 611 g/mol. The van der Waals surface area contributed by atoms with Crippen LogP contribution in [0.4, 0.5) is 18.0 Å². The zero-order chi connectivity index (χ0) is 31.4. The number of ether oxygens (including phenoxy) is 1. The summed E-state index contributed by atoms with van der Waals surface area (Å²) >= 11 is 0. The Kier molecular flexibility index (Phi) is 8.95. The molecule has 0 aliphatic carbocycles. The fourth-order valence-electron chi connectivity index (χ4n) is 5.58. The Balaban J connectivity index is 1.47. The lowest BCUT2D eigenvalue weighted by molar-refractivity contribution is -0.274. The summed E-state index contributed by atoms with van der Waals surface area (Å²) in [5.74, 6) is -1.13. The van der Waals surface area contributed by atoms with Gasteiger partial charge in [-0.25, -0.2) is 14.8 Å². The van der Waals surface area contributed by atoms with Gasteiger partial charge in [0.2, 0.25) is 11.8 Å². The number of carbonyl (C=O) groups is 3. The van der Waals surface area contributed by atoms with E-state index < -0.39 is 36.3 Å². The number of piperazine rings is 1. The van der Waals surface area contributed by atoms with E-state index in [1.807, 2.05) is 37.3 Å². The Morgan fingerprint density at radius 1 is 0.977 bits per heavy atom. The number of halogens is 3. The van der Waals surface area contributed by atoms with Crippen LogP contribution >= 0.6 is 0 Å². The van der Waals surface area contributed by atoms with Gasteiger partial charge < -0.3 is 25.0 Å². The van der Waals surface area contributed by atoms with Crippen molar-refractivity contribution >= 4 is 17.8 Å². The van der Waals surface area contributed by atoms with Crippen molar-refractivity contribution in [3.8, 4) is 11.5 Å². The number of urea groups is 1. The van der Waals surface area contributed by atoms with Crippen LogP contribution in [0.1, 0.15) is 23.6 Å². The van der Waals surface area contributed by atoms with E-state index in [0.29, 0.717) is 17.7 Å². The summed E-state index contributed by atoms with van der Waals surface area (Å²) in [7, 11) is 0. The molecule has 2 saturated heterocycles. The molecule has 0 bridgehead atoms. The van der Waals surface area contributed by atoms with Crippen LogP contribution in [0.15, 0.2) is 78.9 Å². The number of phenolic OH excluding ortho intramolecular Hbond substituents is 1. The predicted octanol–water partition coefficient (Wildman–Crippen LogP) is 3.86. The summed E-state index contributed by atoms with van der Waals surface area (Å²) in [6.45, 7) is 2.11. The molecule has 3 aromatic carbocycles. The average molecular weight is 612 g/mol. The second-order valence-electron chi connectivity index (χ2n) is 10.6. The maximum atomic E-state index is 14.0. The summed E-state index contributed by atoms with van der Waals surface area (Å²) in [6.07, 6.45) is -5.67. The van der Waals surface area contributed by atoms with E-state index >= 15 is 0 Å². The Bertz CT molecular complexity index is 1490. The molecule has 3 aromatic rings. The molecule has 13 heteroatoms. The van der Waals surface area contributed by atoms with Gasteiger partial charge in [0.05, 0.1) is 13.1 Å². The maximum Gasteiger partial charge on any atom is 0.573 e. The topological polar surface area (TPSA) is 106 Å². The van der Waals surface area contributed by atoms with Crippen molar-refractivity contribution in [3.05, 3.63) is 95.6 Å². The van der Waals surface area contributed by atoms with Crippen LogP contribution in [0.5, 0.6) is 11.5 Å². The van der Waals surface area contributed by atoms with Crippen molar-refractivity contribution in [2.45, 2.75) is 45.0 Å². The summed E-state index contributed by atoms with van der Waals surface area (Å²) in [5.41, 5.74) is 1.93. The molecule has 0 aromatic heterocycles. The highest BCUT2D eigenvalue weighted by molar-refractivity contribution is 5.91. The van der Waals surface area contributed by atoms with Gasteiger partial charge in [-0.15, -0.1) is 13.2 Å². The first-order valence-electron chi connectivity index (χ1n) is 14.1. The maximum absolute atomic E-state index is 14.0. The third-order valence-corrected chi connectivity index (χ3v) is 7.56. The largest absolute Gasteiger partial charge is 0.573 e. The number of nitrogens with zero attached hydrogens (tertiary/aromatic N) is 4. The Morgan fingerprint density at radius 3 is 2.36 bits per heavy atom. The van der Waals surface area contributed by atoms with Crippen LogP contribution in [0.2, 0.25) is 0 Å². The van der Waals surface area contributed by atoms with Gasteiger partial charge in [0.25, 0.3) is 0 Å². The molecule has 4 amide bonds. The molecule has 0 spiro atoms. The highest BCUT2D eigenvalue weighted by Gasteiger charge is 2.51. The van der Waals surface area contributed by atoms with Crippen molar-refractivity contribution in [3.63, 3.8) is 0 Å². The number of fused-ring (bicyclic) bond motifs is 1. The Hall–Kier alpha value is -4.78. The van der Waals surface area contributed by atoms with E-state index in [-0.39, 0.29) is 44.3 Å². The third kappa shape index (κ3) is 7.05.